The molecule has 0 unspecified atom stereocenters. The molecule has 1 fully saturated rings. The van der Waals surface area contributed by atoms with Gasteiger partial charge in [0.05, 0.1) is 0 Å². The summed E-state index contributed by atoms with van der Waals surface area (Å²) < 4.78 is 0. The minimum atomic E-state index is 0.524. The summed E-state index contributed by atoms with van der Waals surface area (Å²) in [5.41, 5.74) is 5.51. The lowest BCUT2D eigenvalue weighted by Crippen LogP contribution is -2.21. The van der Waals surface area contributed by atoms with Crippen LogP contribution in [-0.4, -0.2) is 6.04 Å². The van der Waals surface area contributed by atoms with Gasteiger partial charge in [-0.15, -0.1) is 0 Å². The SMILES string of the molecule is CC(C)NCc1cccc(-c2ccc(C3CCC3)cc2)c1. The van der Waals surface area contributed by atoms with Crippen LogP contribution in [0.5, 0.6) is 0 Å². The number of nitrogens with one attached hydrogen (secondary N) is 1. The van der Waals surface area contributed by atoms with Crippen molar-refractivity contribution in [3.8, 4) is 11.1 Å². The van der Waals surface area contributed by atoms with E-state index in [4.69, 9.17) is 0 Å². The van der Waals surface area contributed by atoms with Gasteiger partial charge in [-0.2, -0.15) is 0 Å². The van der Waals surface area contributed by atoms with Gasteiger partial charge in [-0.1, -0.05) is 62.7 Å². The molecule has 21 heavy (non-hydrogen) atoms. The second-order valence-corrected chi connectivity index (χ2v) is 6.49. The Morgan fingerprint density at radius 1 is 1.00 bits per heavy atom. The third kappa shape index (κ3) is 3.54. The van der Waals surface area contributed by atoms with Crippen molar-refractivity contribution in [3.05, 3.63) is 59.7 Å². The predicted molar refractivity (Wildman–Crippen MR) is 90.4 cm³/mol. The van der Waals surface area contributed by atoms with E-state index in [1.807, 2.05) is 0 Å². The first kappa shape index (κ1) is 14.3. The minimum Gasteiger partial charge on any atom is -0.310 e. The van der Waals surface area contributed by atoms with Crippen molar-refractivity contribution in [1.82, 2.24) is 5.32 Å². The fourth-order valence-electron chi connectivity index (χ4n) is 2.87. The Hall–Kier alpha value is -1.60. The number of rotatable bonds is 5. The van der Waals surface area contributed by atoms with Crippen LogP contribution in [-0.2, 0) is 6.54 Å². The van der Waals surface area contributed by atoms with Crippen LogP contribution in [0.25, 0.3) is 11.1 Å². The van der Waals surface area contributed by atoms with Crippen LogP contribution < -0.4 is 5.32 Å². The summed E-state index contributed by atoms with van der Waals surface area (Å²) in [4.78, 5) is 0. The van der Waals surface area contributed by atoms with Crippen LogP contribution in [0.3, 0.4) is 0 Å². The van der Waals surface area contributed by atoms with E-state index >= 15 is 0 Å². The van der Waals surface area contributed by atoms with Crippen LogP contribution in [0.15, 0.2) is 48.5 Å². The van der Waals surface area contributed by atoms with E-state index < -0.39 is 0 Å². The van der Waals surface area contributed by atoms with Gasteiger partial charge in [0.25, 0.3) is 0 Å². The van der Waals surface area contributed by atoms with Gasteiger partial charge in [-0.05, 0) is 47.1 Å². The summed E-state index contributed by atoms with van der Waals surface area (Å²) in [6.45, 7) is 5.30. The second-order valence-electron chi connectivity index (χ2n) is 6.49. The Kier molecular flexibility index (Phi) is 4.40. The molecule has 1 N–H and O–H groups in total. The average molecular weight is 279 g/mol. The molecular formula is C20H25N. The molecule has 2 aromatic carbocycles. The number of hydrogen-bond acceptors (Lipinski definition) is 1. The maximum absolute atomic E-state index is 3.48. The first-order valence-electron chi connectivity index (χ1n) is 8.15. The molecule has 0 spiro atoms. The highest BCUT2D eigenvalue weighted by atomic mass is 14.9. The van der Waals surface area contributed by atoms with Gasteiger partial charge < -0.3 is 5.32 Å². The molecule has 0 saturated heterocycles. The molecule has 1 heteroatoms. The van der Waals surface area contributed by atoms with E-state index in [1.165, 1.54) is 41.5 Å². The summed E-state index contributed by atoms with van der Waals surface area (Å²) >= 11 is 0. The molecule has 3 rings (SSSR count). The number of hydrogen-bond donors (Lipinski definition) is 1. The standard InChI is InChI=1S/C20H25N/c1-15(2)21-14-16-5-3-8-20(13-16)19-11-9-18(10-12-19)17-6-4-7-17/h3,5,8-13,15,17,21H,4,6-7,14H2,1-2H3. The first-order valence-corrected chi connectivity index (χ1v) is 8.15. The van der Waals surface area contributed by atoms with Crippen molar-refractivity contribution in [2.24, 2.45) is 0 Å². The van der Waals surface area contributed by atoms with Crippen molar-refractivity contribution in [2.75, 3.05) is 0 Å². The molecule has 1 aliphatic carbocycles. The third-order valence-electron chi connectivity index (χ3n) is 4.46. The van der Waals surface area contributed by atoms with Gasteiger partial charge in [0.1, 0.15) is 0 Å². The Balaban J connectivity index is 1.74. The molecule has 1 aliphatic rings. The van der Waals surface area contributed by atoms with Crippen LogP contribution in [0.4, 0.5) is 0 Å². The highest BCUT2D eigenvalue weighted by Crippen LogP contribution is 2.36. The smallest absolute Gasteiger partial charge is 0.0208 e. The van der Waals surface area contributed by atoms with E-state index in [-0.39, 0.29) is 0 Å². The fourth-order valence-corrected chi connectivity index (χ4v) is 2.87. The average Bonchev–Trinajstić information content (AvgIpc) is 2.44. The van der Waals surface area contributed by atoms with Gasteiger partial charge in [0.15, 0.2) is 0 Å². The molecular weight excluding hydrogens is 254 g/mol. The molecule has 1 nitrogen and oxygen atoms in total. The fraction of sp³-hybridized carbons (Fsp3) is 0.400. The van der Waals surface area contributed by atoms with Gasteiger partial charge in [-0.3, -0.25) is 0 Å². The van der Waals surface area contributed by atoms with Gasteiger partial charge in [0, 0.05) is 12.6 Å². The Morgan fingerprint density at radius 2 is 1.76 bits per heavy atom. The quantitative estimate of drug-likeness (QED) is 0.801. The predicted octanol–water partition coefficient (Wildman–Crippen LogP) is 5.12. The lowest BCUT2D eigenvalue weighted by molar-refractivity contribution is 0.420. The summed E-state index contributed by atoms with van der Waals surface area (Å²) in [5, 5.41) is 3.48. The third-order valence-corrected chi connectivity index (χ3v) is 4.46. The van der Waals surface area contributed by atoms with Crippen LogP contribution in [0.1, 0.15) is 50.2 Å². The first-order chi connectivity index (χ1) is 10.2. The molecule has 110 valence electrons. The highest BCUT2D eigenvalue weighted by molar-refractivity contribution is 5.64. The molecule has 0 bridgehead atoms. The summed E-state index contributed by atoms with van der Waals surface area (Å²) in [6, 6.07) is 18.6. The molecule has 0 atom stereocenters. The minimum absolute atomic E-state index is 0.524. The normalized spacial score (nSPS) is 15.2. The summed E-state index contributed by atoms with van der Waals surface area (Å²) in [6.07, 6.45) is 4.14. The number of benzene rings is 2. The second kappa shape index (κ2) is 6.44. The van der Waals surface area contributed by atoms with E-state index in [0.29, 0.717) is 6.04 Å². The lowest BCUT2D eigenvalue weighted by atomic mass is 9.80. The van der Waals surface area contributed by atoms with Crippen molar-refractivity contribution in [1.29, 1.82) is 0 Å². The zero-order valence-corrected chi connectivity index (χ0v) is 13.1. The molecule has 0 aliphatic heterocycles. The molecule has 1 saturated carbocycles. The Bertz CT molecular complexity index is 579. The zero-order valence-electron chi connectivity index (χ0n) is 13.1. The van der Waals surface area contributed by atoms with E-state index in [9.17, 15) is 0 Å². The molecule has 0 aromatic heterocycles. The largest absolute Gasteiger partial charge is 0.310 e. The van der Waals surface area contributed by atoms with Gasteiger partial charge in [-0.25, -0.2) is 0 Å². The monoisotopic (exact) mass is 279 g/mol. The molecule has 0 heterocycles. The maximum Gasteiger partial charge on any atom is 0.0208 e. The van der Waals surface area contributed by atoms with Crippen LogP contribution >= 0.6 is 0 Å². The zero-order chi connectivity index (χ0) is 14.7. The molecule has 2 aromatic rings. The van der Waals surface area contributed by atoms with Crippen molar-refractivity contribution in [2.45, 2.75) is 51.6 Å². The van der Waals surface area contributed by atoms with Gasteiger partial charge in [0.2, 0.25) is 0 Å². The Labute approximate surface area is 128 Å². The van der Waals surface area contributed by atoms with Gasteiger partial charge >= 0.3 is 0 Å². The maximum atomic E-state index is 3.48. The van der Waals surface area contributed by atoms with Crippen molar-refractivity contribution >= 4 is 0 Å². The van der Waals surface area contributed by atoms with Crippen molar-refractivity contribution in [3.63, 3.8) is 0 Å². The Morgan fingerprint density at radius 3 is 2.38 bits per heavy atom. The van der Waals surface area contributed by atoms with E-state index in [0.717, 1.165) is 12.5 Å². The molecule has 0 radical (unpaired) electrons. The summed E-state index contributed by atoms with van der Waals surface area (Å²) in [7, 11) is 0. The topological polar surface area (TPSA) is 12.0 Å². The highest BCUT2D eigenvalue weighted by Gasteiger charge is 2.18. The van der Waals surface area contributed by atoms with Crippen molar-refractivity contribution < 1.29 is 0 Å². The van der Waals surface area contributed by atoms with Crippen LogP contribution in [0.2, 0.25) is 0 Å². The molecule has 0 amide bonds. The summed E-state index contributed by atoms with van der Waals surface area (Å²) in [5.74, 6) is 0.820. The van der Waals surface area contributed by atoms with E-state index in [1.54, 1.807) is 0 Å². The van der Waals surface area contributed by atoms with Crippen LogP contribution in [0, 0.1) is 0 Å². The van der Waals surface area contributed by atoms with E-state index in [2.05, 4.69) is 67.7 Å². The lowest BCUT2D eigenvalue weighted by Gasteiger charge is -2.25.